The van der Waals surface area contributed by atoms with Gasteiger partial charge in [0.25, 0.3) is 0 Å². The average molecular weight is 359 g/mol. The van der Waals surface area contributed by atoms with E-state index in [4.69, 9.17) is 9.47 Å². The van der Waals surface area contributed by atoms with E-state index in [1.54, 1.807) is 52.1 Å². The molecular formula is C21H26FNO3. The number of ether oxygens (including phenoxy) is 2. The van der Waals surface area contributed by atoms with E-state index in [0.717, 1.165) is 18.6 Å². The van der Waals surface area contributed by atoms with Gasteiger partial charge in [-0.3, -0.25) is 0 Å². The van der Waals surface area contributed by atoms with Crippen LogP contribution in [0.2, 0.25) is 0 Å². The van der Waals surface area contributed by atoms with Gasteiger partial charge in [0.1, 0.15) is 17.5 Å². The number of esters is 1. The van der Waals surface area contributed by atoms with Gasteiger partial charge < -0.3 is 9.47 Å². The molecule has 2 atom stereocenters. The second kappa shape index (κ2) is 8.35. The maximum Gasteiger partial charge on any atom is 0.338 e. The lowest BCUT2D eigenvalue weighted by Crippen LogP contribution is -2.23. The van der Waals surface area contributed by atoms with Gasteiger partial charge in [-0.05, 0) is 63.6 Å². The first-order valence-corrected chi connectivity index (χ1v) is 8.89. The van der Waals surface area contributed by atoms with Crippen molar-refractivity contribution in [1.82, 2.24) is 0 Å². The van der Waals surface area contributed by atoms with Gasteiger partial charge >= 0.3 is 5.97 Å². The quantitative estimate of drug-likeness (QED) is 0.650. The van der Waals surface area contributed by atoms with Gasteiger partial charge in [0, 0.05) is 6.42 Å². The van der Waals surface area contributed by atoms with Crippen molar-refractivity contribution in [1.29, 1.82) is 5.26 Å². The summed E-state index contributed by atoms with van der Waals surface area (Å²) in [6.07, 6.45) is 1.37. The third-order valence-electron chi connectivity index (χ3n) is 4.47. The van der Waals surface area contributed by atoms with Crippen LogP contribution in [0.15, 0.2) is 35.6 Å². The van der Waals surface area contributed by atoms with Gasteiger partial charge in [-0.15, -0.1) is 0 Å². The Morgan fingerprint density at radius 1 is 1.35 bits per heavy atom. The first kappa shape index (κ1) is 20.0. The zero-order chi connectivity index (χ0) is 19.3. The number of alkyl halides is 1. The predicted molar refractivity (Wildman–Crippen MR) is 97.1 cm³/mol. The van der Waals surface area contributed by atoms with Crippen molar-refractivity contribution in [2.75, 3.05) is 7.11 Å². The van der Waals surface area contributed by atoms with Gasteiger partial charge in [-0.1, -0.05) is 12.1 Å². The summed E-state index contributed by atoms with van der Waals surface area (Å²) >= 11 is 0. The van der Waals surface area contributed by atoms with Gasteiger partial charge in [0.2, 0.25) is 0 Å². The topological polar surface area (TPSA) is 59.3 Å². The van der Waals surface area contributed by atoms with Gasteiger partial charge in [0.05, 0.1) is 24.3 Å². The van der Waals surface area contributed by atoms with Crippen LogP contribution >= 0.6 is 0 Å². The lowest BCUT2D eigenvalue weighted by atomic mass is 9.93. The molecule has 0 fully saturated rings. The summed E-state index contributed by atoms with van der Waals surface area (Å²) in [7, 11) is 1.57. The molecule has 0 spiro atoms. The minimum atomic E-state index is -1.13. The predicted octanol–water partition coefficient (Wildman–Crippen LogP) is 5.27. The van der Waals surface area contributed by atoms with Crippen molar-refractivity contribution in [3.05, 3.63) is 46.7 Å². The molecule has 2 rings (SSSR count). The fourth-order valence-electron chi connectivity index (χ4n) is 3.15. The number of hydrogen-bond donors (Lipinski definition) is 0. The zero-order valence-corrected chi connectivity index (χ0v) is 15.8. The van der Waals surface area contributed by atoms with Gasteiger partial charge in [-0.2, -0.15) is 5.26 Å². The highest BCUT2D eigenvalue weighted by molar-refractivity contribution is 5.89. The summed E-state index contributed by atoms with van der Waals surface area (Å²) in [5.74, 6) is 0.380. The highest BCUT2D eigenvalue weighted by atomic mass is 19.1. The molecule has 26 heavy (non-hydrogen) atoms. The number of halogens is 1. The first-order valence-electron chi connectivity index (χ1n) is 8.89. The van der Waals surface area contributed by atoms with Crippen LogP contribution in [0.4, 0.5) is 4.39 Å². The molecule has 0 saturated heterocycles. The van der Waals surface area contributed by atoms with Crippen LogP contribution in [0, 0.1) is 17.2 Å². The smallest absolute Gasteiger partial charge is 0.338 e. The monoisotopic (exact) mass is 359 g/mol. The Bertz CT molecular complexity index is 710. The highest BCUT2D eigenvalue weighted by Crippen LogP contribution is 2.37. The lowest BCUT2D eigenvalue weighted by molar-refractivity contribution is 0.00694. The average Bonchev–Trinajstić information content (AvgIpc) is 3.00. The number of nitrogens with zero attached hydrogens (tertiary/aromatic N) is 1. The van der Waals surface area contributed by atoms with Crippen LogP contribution in [0.5, 0.6) is 0 Å². The van der Waals surface area contributed by atoms with Crippen molar-refractivity contribution in [3.63, 3.8) is 0 Å². The van der Waals surface area contributed by atoms with Crippen LogP contribution in [-0.2, 0) is 9.47 Å². The number of benzene rings is 1. The molecule has 0 radical (unpaired) electrons. The molecule has 0 amide bonds. The van der Waals surface area contributed by atoms with E-state index in [1.807, 2.05) is 0 Å². The largest absolute Gasteiger partial charge is 0.500 e. The summed E-state index contributed by atoms with van der Waals surface area (Å²) in [4.78, 5) is 12.0. The summed E-state index contributed by atoms with van der Waals surface area (Å²) < 4.78 is 25.1. The van der Waals surface area contributed by atoms with Gasteiger partial charge in [0.15, 0.2) is 0 Å². The molecule has 0 heterocycles. The molecule has 5 heteroatoms. The van der Waals surface area contributed by atoms with E-state index in [2.05, 4.69) is 6.07 Å². The Morgan fingerprint density at radius 2 is 2.00 bits per heavy atom. The summed E-state index contributed by atoms with van der Waals surface area (Å²) in [6.45, 7) is 5.41. The molecule has 0 aromatic heterocycles. The second-order valence-electron chi connectivity index (χ2n) is 7.56. The molecule has 0 bridgehead atoms. The summed E-state index contributed by atoms with van der Waals surface area (Å²) in [5, 5.41) is 9.26. The van der Waals surface area contributed by atoms with E-state index in [-0.39, 0.29) is 5.92 Å². The van der Waals surface area contributed by atoms with Crippen molar-refractivity contribution < 1.29 is 18.7 Å². The molecule has 1 aromatic carbocycles. The highest BCUT2D eigenvalue weighted by Gasteiger charge is 2.27. The SMILES string of the molecule is COC1=C(C#N)C(CCC(F)c2ccc(C(=O)OC(C)(C)C)cc2)CC1. The lowest BCUT2D eigenvalue weighted by Gasteiger charge is -2.19. The second-order valence-corrected chi connectivity index (χ2v) is 7.56. The number of methoxy groups -OCH3 is 1. The Balaban J connectivity index is 1.94. The summed E-state index contributed by atoms with van der Waals surface area (Å²) in [6, 6.07) is 8.63. The third kappa shape index (κ3) is 5.08. The number of carbonyl (C=O) groups excluding carboxylic acids is 1. The molecule has 1 aliphatic rings. The minimum Gasteiger partial charge on any atom is -0.500 e. The van der Waals surface area contributed by atoms with Crippen molar-refractivity contribution in [3.8, 4) is 6.07 Å². The molecule has 1 aromatic rings. The Kier molecular flexibility index (Phi) is 6.42. The van der Waals surface area contributed by atoms with E-state index in [1.165, 1.54) is 0 Å². The number of nitriles is 1. The van der Waals surface area contributed by atoms with E-state index in [0.29, 0.717) is 29.5 Å². The molecule has 0 N–H and O–H groups in total. The fourth-order valence-corrected chi connectivity index (χ4v) is 3.15. The summed E-state index contributed by atoms with van der Waals surface area (Å²) in [5.41, 5.74) is 1.03. The van der Waals surface area contributed by atoms with Crippen LogP contribution in [-0.4, -0.2) is 18.7 Å². The number of rotatable bonds is 6. The van der Waals surface area contributed by atoms with E-state index < -0.39 is 17.7 Å². The Morgan fingerprint density at radius 3 is 2.54 bits per heavy atom. The van der Waals surface area contributed by atoms with E-state index >= 15 is 0 Å². The number of allylic oxidation sites excluding steroid dienone is 2. The van der Waals surface area contributed by atoms with E-state index in [9.17, 15) is 14.4 Å². The maximum atomic E-state index is 14.6. The zero-order valence-electron chi connectivity index (χ0n) is 15.8. The Labute approximate surface area is 154 Å². The first-order chi connectivity index (χ1) is 12.2. The molecule has 2 unspecified atom stereocenters. The van der Waals surface area contributed by atoms with Crippen LogP contribution in [0.25, 0.3) is 0 Å². The normalized spacial score (nSPS) is 18.4. The molecule has 0 saturated carbocycles. The Hall–Kier alpha value is -2.35. The van der Waals surface area contributed by atoms with Crippen molar-refractivity contribution >= 4 is 5.97 Å². The van der Waals surface area contributed by atoms with Crippen LogP contribution in [0.1, 0.15) is 68.5 Å². The van der Waals surface area contributed by atoms with Crippen LogP contribution in [0.3, 0.4) is 0 Å². The molecule has 4 nitrogen and oxygen atoms in total. The van der Waals surface area contributed by atoms with Crippen LogP contribution < -0.4 is 0 Å². The minimum absolute atomic E-state index is 0.0641. The molecule has 0 aliphatic heterocycles. The molecular weight excluding hydrogens is 333 g/mol. The number of hydrogen-bond acceptors (Lipinski definition) is 4. The van der Waals surface area contributed by atoms with Gasteiger partial charge in [-0.25, -0.2) is 9.18 Å². The number of carbonyl (C=O) groups is 1. The standard InChI is InChI=1S/C21H26FNO3/c1-21(2,3)26-20(24)16-7-5-15(6-8-16)18(22)11-9-14-10-12-19(25-4)17(14)13-23/h5-8,14,18H,9-12H2,1-4H3. The molecule has 1 aliphatic carbocycles. The maximum absolute atomic E-state index is 14.6. The van der Waals surface area contributed by atoms with Crippen molar-refractivity contribution in [2.45, 2.75) is 58.2 Å². The van der Waals surface area contributed by atoms with Crippen molar-refractivity contribution in [2.24, 2.45) is 5.92 Å². The molecule has 140 valence electrons. The third-order valence-corrected chi connectivity index (χ3v) is 4.47. The fraction of sp³-hybridized carbons (Fsp3) is 0.524.